The second kappa shape index (κ2) is 8.53. The normalized spacial score (nSPS) is 12.0. The fourth-order valence-electron chi connectivity index (χ4n) is 3.48. The summed E-state index contributed by atoms with van der Waals surface area (Å²) in [6.45, 7) is 1.81. The minimum Gasteiger partial charge on any atom is -0.383 e. The molecule has 0 spiro atoms. The maximum atomic E-state index is 13.5. The Balaban J connectivity index is 1.85. The number of hydrogen-bond donors (Lipinski definition) is 2. The number of nitrogens with zero attached hydrogens (tertiary/aromatic N) is 2. The van der Waals surface area contributed by atoms with Gasteiger partial charge in [0.05, 0.1) is 22.0 Å². The van der Waals surface area contributed by atoms with Crippen molar-refractivity contribution in [2.75, 3.05) is 5.73 Å². The molecule has 2 aromatic carbocycles. The minimum atomic E-state index is -0.512. The third kappa shape index (κ3) is 4.06. The van der Waals surface area contributed by atoms with E-state index in [0.29, 0.717) is 31.6 Å². The summed E-state index contributed by atoms with van der Waals surface area (Å²) in [6.07, 6.45) is 1.52. The Kier molecular flexibility index (Phi) is 5.80. The second-order valence-electron chi connectivity index (χ2n) is 7.03. The highest BCUT2D eigenvalue weighted by Crippen LogP contribution is 2.26. The van der Waals surface area contributed by atoms with Crippen molar-refractivity contribution >= 4 is 50.0 Å². The summed E-state index contributed by atoms with van der Waals surface area (Å²) in [4.78, 5) is 30.4. The summed E-state index contributed by atoms with van der Waals surface area (Å²) in [7, 11) is 0. The van der Waals surface area contributed by atoms with Gasteiger partial charge in [0, 0.05) is 22.1 Å². The zero-order chi connectivity index (χ0) is 22.1. The lowest BCUT2D eigenvalue weighted by molar-refractivity contribution is 0.0939. The lowest BCUT2D eigenvalue weighted by atomic mass is 10.1. The van der Waals surface area contributed by atoms with Crippen molar-refractivity contribution in [3.05, 3.63) is 98.0 Å². The number of nitrogens with two attached hydrogens (primary N) is 1. The molecule has 6 nitrogen and oxygen atoms in total. The van der Waals surface area contributed by atoms with Gasteiger partial charge in [-0.25, -0.2) is 4.98 Å². The van der Waals surface area contributed by atoms with Crippen LogP contribution in [0.4, 0.5) is 5.82 Å². The third-order valence-corrected chi connectivity index (χ3v) is 5.71. The SMILES string of the molecule is C[C@H](NC(=O)c1cc(Br)cnc1N)c1cc2cccc(Cl)c2c(=O)n1-c1ccccc1. The molecule has 8 heteroatoms. The Morgan fingerprint density at radius 1 is 1.16 bits per heavy atom. The highest BCUT2D eigenvalue weighted by atomic mass is 79.9. The van der Waals surface area contributed by atoms with Crippen LogP contribution in [0.1, 0.15) is 29.0 Å². The molecule has 4 rings (SSSR count). The topological polar surface area (TPSA) is 90.0 Å². The summed E-state index contributed by atoms with van der Waals surface area (Å²) in [6, 6.07) is 17.5. The number of pyridine rings is 2. The quantitative estimate of drug-likeness (QED) is 0.421. The molecule has 2 aromatic heterocycles. The number of carbonyl (C=O) groups is 1. The van der Waals surface area contributed by atoms with Crippen LogP contribution < -0.4 is 16.6 Å². The lowest BCUT2D eigenvalue weighted by Crippen LogP contribution is -2.32. The fraction of sp³-hybridized carbons (Fsp3) is 0.0870. The van der Waals surface area contributed by atoms with Gasteiger partial charge in [0.2, 0.25) is 0 Å². The molecule has 4 aromatic rings. The van der Waals surface area contributed by atoms with E-state index >= 15 is 0 Å². The average molecular weight is 498 g/mol. The molecule has 0 radical (unpaired) electrons. The number of rotatable bonds is 4. The van der Waals surface area contributed by atoms with Crippen LogP contribution in [0.15, 0.2) is 76.1 Å². The Bertz CT molecular complexity index is 1360. The van der Waals surface area contributed by atoms with E-state index in [0.717, 1.165) is 0 Å². The number of hydrogen-bond acceptors (Lipinski definition) is 4. The molecule has 0 aliphatic carbocycles. The van der Waals surface area contributed by atoms with Crippen LogP contribution in [0, 0.1) is 0 Å². The van der Waals surface area contributed by atoms with Crippen LogP contribution in [0.5, 0.6) is 0 Å². The Morgan fingerprint density at radius 2 is 1.90 bits per heavy atom. The summed E-state index contributed by atoms with van der Waals surface area (Å²) < 4.78 is 2.21. The van der Waals surface area contributed by atoms with E-state index in [1.165, 1.54) is 6.20 Å². The van der Waals surface area contributed by atoms with E-state index < -0.39 is 11.9 Å². The molecular formula is C23H18BrClN4O2. The average Bonchev–Trinajstić information content (AvgIpc) is 2.75. The Hall–Kier alpha value is -3.16. The molecule has 0 aliphatic heterocycles. The van der Waals surface area contributed by atoms with E-state index in [2.05, 4.69) is 26.2 Å². The predicted molar refractivity (Wildman–Crippen MR) is 127 cm³/mol. The molecule has 0 fully saturated rings. The van der Waals surface area contributed by atoms with Crippen molar-refractivity contribution < 1.29 is 4.79 Å². The number of nitrogens with one attached hydrogen (secondary N) is 1. The number of carbonyl (C=O) groups excluding carboxylic acids is 1. The van der Waals surface area contributed by atoms with Gasteiger partial charge in [0.25, 0.3) is 11.5 Å². The molecule has 0 saturated heterocycles. The van der Waals surface area contributed by atoms with Gasteiger partial charge < -0.3 is 11.1 Å². The molecule has 0 saturated carbocycles. The van der Waals surface area contributed by atoms with Crippen molar-refractivity contribution in [1.82, 2.24) is 14.9 Å². The van der Waals surface area contributed by atoms with Gasteiger partial charge in [-0.05, 0) is 58.6 Å². The van der Waals surface area contributed by atoms with Crippen molar-refractivity contribution in [2.45, 2.75) is 13.0 Å². The summed E-state index contributed by atoms with van der Waals surface area (Å²) >= 11 is 9.65. The molecule has 0 unspecified atom stereocenters. The van der Waals surface area contributed by atoms with E-state index in [1.807, 2.05) is 49.4 Å². The number of benzene rings is 2. The zero-order valence-corrected chi connectivity index (χ0v) is 18.8. The van der Waals surface area contributed by atoms with Gasteiger partial charge in [-0.15, -0.1) is 0 Å². The van der Waals surface area contributed by atoms with Gasteiger partial charge in [0.1, 0.15) is 5.82 Å². The molecule has 2 heterocycles. The lowest BCUT2D eigenvalue weighted by Gasteiger charge is -2.21. The number of aromatic nitrogens is 2. The van der Waals surface area contributed by atoms with Crippen molar-refractivity contribution in [1.29, 1.82) is 0 Å². The second-order valence-corrected chi connectivity index (χ2v) is 8.35. The minimum absolute atomic E-state index is 0.124. The van der Waals surface area contributed by atoms with Gasteiger partial charge >= 0.3 is 0 Å². The van der Waals surface area contributed by atoms with Crippen molar-refractivity contribution in [3.63, 3.8) is 0 Å². The molecule has 0 aliphatic rings. The number of anilines is 1. The first-order chi connectivity index (χ1) is 14.9. The monoisotopic (exact) mass is 496 g/mol. The van der Waals surface area contributed by atoms with E-state index in [-0.39, 0.29) is 16.9 Å². The number of para-hydroxylation sites is 1. The van der Waals surface area contributed by atoms with Crippen LogP contribution in [-0.2, 0) is 0 Å². The summed E-state index contributed by atoms with van der Waals surface area (Å²) in [5.41, 5.74) is 7.16. The highest BCUT2D eigenvalue weighted by molar-refractivity contribution is 9.10. The zero-order valence-electron chi connectivity index (χ0n) is 16.5. The largest absolute Gasteiger partial charge is 0.383 e. The molecular weight excluding hydrogens is 480 g/mol. The maximum Gasteiger partial charge on any atom is 0.264 e. The predicted octanol–water partition coefficient (Wildman–Crippen LogP) is 4.87. The third-order valence-electron chi connectivity index (χ3n) is 4.96. The van der Waals surface area contributed by atoms with Crippen LogP contribution >= 0.6 is 27.5 Å². The molecule has 0 bridgehead atoms. The molecule has 31 heavy (non-hydrogen) atoms. The highest BCUT2D eigenvalue weighted by Gasteiger charge is 2.21. The molecule has 156 valence electrons. The Labute approximate surface area is 191 Å². The van der Waals surface area contributed by atoms with Crippen LogP contribution in [0.25, 0.3) is 16.5 Å². The number of nitrogen functional groups attached to an aromatic ring is 1. The maximum absolute atomic E-state index is 13.5. The first-order valence-electron chi connectivity index (χ1n) is 9.48. The first-order valence-corrected chi connectivity index (χ1v) is 10.7. The number of fused-ring (bicyclic) bond motifs is 1. The van der Waals surface area contributed by atoms with E-state index in [9.17, 15) is 9.59 Å². The van der Waals surface area contributed by atoms with Gasteiger partial charge in [0.15, 0.2) is 0 Å². The van der Waals surface area contributed by atoms with Gasteiger partial charge in [-0.3, -0.25) is 14.2 Å². The van der Waals surface area contributed by atoms with Crippen molar-refractivity contribution in [2.24, 2.45) is 0 Å². The van der Waals surface area contributed by atoms with Crippen LogP contribution in [0.3, 0.4) is 0 Å². The first kappa shape index (κ1) is 21.1. The smallest absolute Gasteiger partial charge is 0.264 e. The van der Waals surface area contributed by atoms with Crippen molar-refractivity contribution in [3.8, 4) is 5.69 Å². The molecule has 1 atom stereocenters. The molecule has 1 amide bonds. The van der Waals surface area contributed by atoms with Crippen LogP contribution in [0.2, 0.25) is 5.02 Å². The van der Waals surface area contributed by atoms with E-state index in [1.54, 1.807) is 22.8 Å². The summed E-state index contributed by atoms with van der Waals surface area (Å²) in [5, 5.41) is 4.43. The molecule has 3 N–H and O–H groups in total. The van der Waals surface area contributed by atoms with Crippen LogP contribution in [-0.4, -0.2) is 15.5 Å². The standard InChI is InChI=1S/C23H18BrClN4O2/c1-13(28-22(30)17-11-15(24)12-27-21(17)26)19-10-14-6-5-9-18(25)20(14)23(31)29(19)16-7-3-2-4-8-16/h2-13H,1H3,(H2,26,27)(H,28,30)/t13-/m0/s1. The summed E-state index contributed by atoms with van der Waals surface area (Å²) in [5.74, 6) is -0.268. The van der Waals surface area contributed by atoms with Gasteiger partial charge in [-0.2, -0.15) is 0 Å². The fourth-order valence-corrected chi connectivity index (χ4v) is 4.08. The number of amides is 1. The van der Waals surface area contributed by atoms with E-state index in [4.69, 9.17) is 17.3 Å². The van der Waals surface area contributed by atoms with Gasteiger partial charge in [-0.1, -0.05) is 41.9 Å². The Morgan fingerprint density at radius 3 is 2.65 bits per heavy atom. The number of halogens is 2.